The number of hydrogen-bond donors (Lipinski definition) is 1. The number of hydrogen-bond acceptors (Lipinski definition) is 4. The summed E-state index contributed by atoms with van der Waals surface area (Å²) in [5.74, 6) is 0.693. The van der Waals surface area contributed by atoms with Crippen LogP contribution in [0.4, 0.5) is 5.69 Å². The third-order valence-corrected chi connectivity index (χ3v) is 4.70. The first-order chi connectivity index (χ1) is 7.29. The van der Waals surface area contributed by atoms with E-state index in [-0.39, 0.29) is 5.75 Å². The molecule has 90 valence electrons. The summed E-state index contributed by atoms with van der Waals surface area (Å²) in [6.45, 7) is 1.93. The van der Waals surface area contributed by atoms with Crippen molar-refractivity contribution < 1.29 is 8.42 Å². The zero-order valence-electron chi connectivity index (χ0n) is 9.16. The van der Waals surface area contributed by atoms with Crippen LogP contribution in [0.1, 0.15) is 5.56 Å². The lowest BCUT2D eigenvalue weighted by Gasteiger charge is -2.07. The van der Waals surface area contributed by atoms with Crippen molar-refractivity contribution in [3.05, 3.63) is 22.7 Å². The van der Waals surface area contributed by atoms with Crippen LogP contribution in [0.15, 0.2) is 17.0 Å². The molecule has 0 spiro atoms. The molecule has 0 atom stereocenters. The van der Waals surface area contributed by atoms with E-state index in [1.165, 1.54) is 18.0 Å². The van der Waals surface area contributed by atoms with Crippen molar-refractivity contribution >= 4 is 38.9 Å². The number of aryl methyl sites for hydroxylation is 1. The smallest absolute Gasteiger partial charge is 0.148 e. The average Bonchev–Trinajstić information content (AvgIpc) is 2.11. The number of anilines is 1. The van der Waals surface area contributed by atoms with Crippen molar-refractivity contribution in [2.45, 2.75) is 11.8 Å². The second kappa shape index (κ2) is 5.29. The molecular weight excluding hydrogens is 266 g/mol. The first-order valence-electron chi connectivity index (χ1n) is 4.66. The molecule has 0 aromatic heterocycles. The van der Waals surface area contributed by atoms with E-state index in [4.69, 9.17) is 17.3 Å². The summed E-state index contributed by atoms with van der Waals surface area (Å²) in [5, 5.41) is 0.507. The first-order valence-corrected chi connectivity index (χ1v) is 8.08. The van der Waals surface area contributed by atoms with Gasteiger partial charge in [0.15, 0.2) is 0 Å². The molecule has 0 aliphatic heterocycles. The minimum atomic E-state index is -2.90. The largest absolute Gasteiger partial charge is 0.398 e. The number of halogens is 1. The Bertz CT molecular complexity index is 486. The van der Waals surface area contributed by atoms with Gasteiger partial charge in [-0.15, -0.1) is 11.8 Å². The van der Waals surface area contributed by atoms with Crippen LogP contribution in [0.2, 0.25) is 5.02 Å². The molecule has 3 nitrogen and oxygen atoms in total. The molecule has 0 aliphatic carbocycles. The van der Waals surface area contributed by atoms with E-state index in [0.29, 0.717) is 16.5 Å². The first kappa shape index (κ1) is 13.7. The van der Waals surface area contributed by atoms with Crippen LogP contribution in [0.25, 0.3) is 0 Å². The highest BCUT2D eigenvalue weighted by Crippen LogP contribution is 2.30. The van der Waals surface area contributed by atoms with Crippen molar-refractivity contribution in [1.82, 2.24) is 0 Å². The number of nitrogen functional groups attached to an aromatic ring is 1. The number of benzene rings is 1. The second-order valence-corrected chi connectivity index (χ2v) is 7.42. The van der Waals surface area contributed by atoms with Gasteiger partial charge in [0.25, 0.3) is 0 Å². The molecule has 0 aliphatic rings. The Morgan fingerprint density at radius 2 is 2.06 bits per heavy atom. The van der Waals surface area contributed by atoms with Crippen molar-refractivity contribution in [1.29, 1.82) is 0 Å². The maximum atomic E-state index is 11.0. The van der Waals surface area contributed by atoms with Gasteiger partial charge in [-0.3, -0.25) is 0 Å². The molecule has 0 unspecified atom stereocenters. The molecule has 2 N–H and O–H groups in total. The van der Waals surface area contributed by atoms with Gasteiger partial charge < -0.3 is 5.73 Å². The van der Waals surface area contributed by atoms with Crippen molar-refractivity contribution in [3.8, 4) is 0 Å². The van der Waals surface area contributed by atoms with Crippen LogP contribution in [0, 0.1) is 6.92 Å². The van der Waals surface area contributed by atoms with Crippen molar-refractivity contribution in [3.63, 3.8) is 0 Å². The third-order valence-electron chi connectivity index (χ3n) is 2.01. The maximum absolute atomic E-state index is 11.0. The lowest BCUT2D eigenvalue weighted by atomic mass is 10.2. The van der Waals surface area contributed by atoms with Gasteiger partial charge in [-0.2, -0.15) is 0 Å². The number of sulfone groups is 1. The van der Waals surface area contributed by atoms with E-state index in [9.17, 15) is 8.42 Å². The summed E-state index contributed by atoms with van der Waals surface area (Å²) in [7, 11) is -2.90. The third kappa shape index (κ3) is 4.23. The van der Waals surface area contributed by atoms with Gasteiger partial charge in [0.1, 0.15) is 9.84 Å². The molecule has 0 radical (unpaired) electrons. The zero-order chi connectivity index (χ0) is 12.3. The SMILES string of the molecule is Cc1cc(N)c(Cl)cc1SCCS(C)(=O)=O. The fourth-order valence-electron chi connectivity index (χ4n) is 1.14. The van der Waals surface area contributed by atoms with Gasteiger partial charge in [-0.1, -0.05) is 11.6 Å². The molecule has 1 aromatic rings. The summed E-state index contributed by atoms with van der Waals surface area (Å²) in [6.07, 6.45) is 1.23. The molecule has 16 heavy (non-hydrogen) atoms. The van der Waals surface area contributed by atoms with E-state index < -0.39 is 9.84 Å². The Labute approximate surface area is 105 Å². The average molecular weight is 280 g/mol. The highest BCUT2D eigenvalue weighted by atomic mass is 35.5. The fourth-order valence-corrected chi connectivity index (χ4v) is 3.62. The standard InChI is InChI=1S/C10H14ClNO2S2/c1-7-5-9(12)8(11)6-10(7)15-3-4-16(2,13)14/h5-6H,3-4,12H2,1-2H3. The Morgan fingerprint density at radius 3 is 2.62 bits per heavy atom. The van der Waals surface area contributed by atoms with Gasteiger partial charge in [-0.25, -0.2) is 8.42 Å². The van der Waals surface area contributed by atoms with E-state index >= 15 is 0 Å². The number of thioether (sulfide) groups is 1. The lowest BCUT2D eigenvalue weighted by Crippen LogP contribution is -2.05. The zero-order valence-corrected chi connectivity index (χ0v) is 11.5. The molecule has 0 fully saturated rings. The molecule has 0 amide bonds. The molecule has 1 aromatic carbocycles. The van der Waals surface area contributed by atoms with Crippen LogP contribution in [-0.2, 0) is 9.84 Å². The van der Waals surface area contributed by atoms with E-state index in [1.807, 2.05) is 6.92 Å². The molecule has 6 heteroatoms. The normalized spacial score (nSPS) is 11.7. The Hall–Kier alpha value is -0.390. The predicted octanol–water partition coefficient (Wildman–Crippen LogP) is 2.37. The van der Waals surface area contributed by atoms with Crippen LogP contribution in [0.3, 0.4) is 0 Å². The Morgan fingerprint density at radius 1 is 1.44 bits per heavy atom. The van der Waals surface area contributed by atoms with Crippen molar-refractivity contribution in [2.24, 2.45) is 0 Å². The van der Waals surface area contributed by atoms with E-state index in [2.05, 4.69) is 0 Å². The topological polar surface area (TPSA) is 60.2 Å². The summed E-state index contributed by atoms with van der Waals surface area (Å²) >= 11 is 7.38. The van der Waals surface area contributed by atoms with Crippen molar-refractivity contribution in [2.75, 3.05) is 23.5 Å². The summed E-state index contributed by atoms with van der Waals surface area (Å²) in [6, 6.07) is 3.57. The van der Waals surface area contributed by atoms with E-state index in [0.717, 1.165) is 10.5 Å². The monoisotopic (exact) mass is 279 g/mol. The lowest BCUT2D eigenvalue weighted by molar-refractivity contribution is 0.603. The molecule has 0 saturated carbocycles. The highest BCUT2D eigenvalue weighted by molar-refractivity contribution is 8.00. The van der Waals surface area contributed by atoms with Gasteiger partial charge in [0.05, 0.1) is 16.5 Å². The molecule has 1 rings (SSSR count). The van der Waals surface area contributed by atoms with Crippen LogP contribution >= 0.6 is 23.4 Å². The Kier molecular flexibility index (Phi) is 4.52. The minimum Gasteiger partial charge on any atom is -0.398 e. The molecule has 0 saturated heterocycles. The molecule has 0 heterocycles. The highest BCUT2D eigenvalue weighted by Gasteiger charge is 2.06. The van der Waals surface area contributed by atoms with Gasteiger partial charge in [-0.05, 0) is 24.6 Å². The summed E-state index contributed by atoms with van der Waals surface area (Å²) in [4.78, 5) is 0.975. The fraction of sp³-hybridized carbons (Fsp3) is 0.400. The van der Waals surface area contributed by atoms with Crippen LogP contribution < -0.4 is 5.73 Å². The Balaban J connectivity index is 2.71. The second-order valence-electron chi connectivity index (χ2n) is 3.62. The quantitative estimate of drug-likeness (QED) is 0.679. The molecule has 0 bridgehead atoms. The van der Waals surface area contributed by atoms with E-state index in [1.54, 1.807) is 12.1 Å². The summed E-state index contributed by atoms with van der Waals surface area (Å²) in [5.41, 5.74) is 7.21. The predicted molar refractivity (Wildman–Crippen MR) is 71.0 cm³/mol. The number of rotatable bonds is 4. The van der Waals surface area contributed by atoms with Crippen LogP contribution in [-0.4, -0.2) is 26.2 Å². The van der Waals surface area contributed by atoms with Gasteiger partial charge >= 0.3 is 0 Å². The minimum absolute atomic E-state index is 0.166. The summed E-state index contributed by atoms with van der Waals surface area (Å²) < 4.78 is 21.9. The maximum Gasteiger partial charge on any atom is 0.148 e. The van der Waals surface area contributed by atoms with Gasteiger partial charge in [0, 0.05) is 16.9 Å². The van der Waals surface area contributed by atoms with Gasteiger partial charge in [0.2, 0.25) is 0 Å². The number of nitrogens with two attached hydrogens (primary N) is 1. The van der Waals surface area contributed by atoms with Crippen LogP contribution in [0.5, 0.6) is 0 Å². The molecular formula is C10H14ClNO2S2.